The van der Waals surface area contributed by atoms with E-state index in [0.717, 1.165) is 40.1 Å². The molecular weight excluding hydrogens is 414 g/mol. The van der Waals surface area contributed by atoms with Crippen molar-refractivity contribution in [3.8, 4) is 22.7 Å². The molecule has 0 amide bonds. The van der Waals surface area contributed by atoms with Crippen molar-refractivity contribution in [2.45, 2.75) is 26.9 Å². The molecule has 0 unspecified atom stereocenters. The van der Waals surface area contributed by atoms with Crippen molar-refractivity contribution in [1.82, 2.24) is 24.8 Å². The van der Waals surface area contributed by atoms with Crippen LogP contribution >= 0.6 is 11.6 Å². The highest BCUT2D eigenvalue weighted by molar-refractivity contribution is 6.33. The van der Waals surface area contributed by atoms with Crippen LogP contribution in [0.2, 0.25) is 5.02 Å². The summed E-state index contributed by atoms with van der Waals surface area (Å²) >= 11 is 6.28. The third kappa shape index (κ3) is 4.09. The molecule has 4 aromatic rings. The van der Waals surface area contributed by atoms with Gasteiger partial charge in [0.15, 0.2) is 0 Å². The van der Waals surface area contributed by atoms with Gasteiger partial charge in [-0.25, -0.2) is 4.79 Å². The van der Waals surface area contributed by atoms with Crippen LogP contribution in [-0.4, -0.2) is 24.8 Å². The third-order valence-electron chi connectivity index (χ3n) is 5.16. The van der Waals surface area contributed by atoms with E-state index in [4.69, 9.17) is 16.3 Å². The van der Waals surface area contributed by atoms with Gasteiger partial charge in [0.1, 0.15) is 12.4 Å². The lowest BCUT2D eigenvalue weighted by Crippen LogP contribution is -2.23. The molecule has 0 bridgehead atoms. The smallest absolute Gasteiger partial charge is 0.368 e. The number of rotatable bonds is 6. The monoisotopic (exact) mass is 435 g/mol. The van der Waals surface area contributed by atoms with E-state index in [0.29, 0.717) is 17.3 Å². The second kappa shape index (κ2) is 8.73. The lowest BCUT2D eigenvalue weighted by molar-refractivity contribution is 0.302. The zero-order valence-electron chi connectivity index (χ0n) is 17.5. The van der Waals surface area contributed by atoms with Crippen molar-refractivity contribution in [2.75, 3.05) is 0 Å². The number of ether oxygens (including phenoxy) is 1. The quantitative estimate of drug-likeness (QED) is 0.455. The molecule has 0 N–H and O–H groups in total. The molecule has 0 saturated heterocycles. The molecule has 4 rings (SSSR count). The standard InChI is InChI=1S/C23H22ClN5O2/c1-4-16-7-5-9-20(29-23(30)28(3)26-27-29)18(16)14-31-21-11-10-17(13-15(21)2)22-19(24)8-6-12-25-22/h5-13H,4,14H2,1-3H3. The topological polar surface area (TPSA) is 74.8 Å². The van der Waals surface area contributed by atoms with Crippen molar-refractivity contribution in [3.63, 3.8) is 0 Å². The number of pyridine rings is 1. The molecule has 0 fully saturated rings. The predicted octanol–water partition coefficient (Wildman–Crippen LogP) is 4.13. The van der Waals surface area contributed by atoms with E-state index in [9.17, 15) is 4.79 Å². The normalized spacial score (nSPS) is 11.0. The molecule has 0 radical (unpaired) electrons. The Hall–Kier alpha value is -3.45. The van der Waals surface area contributed by atoms with Crippen LogP contribution in [0.3, 0.4) is 0 Å². The minimum absolute atomic E-state index is 0.299. The van der Waals surface area contributed by atoms with E-state index in [2.05, 4.69) is 22.3 Å². The number of nitrogens with zero attached hydrogens (tertiary/aromatic N) is 5. The van der Waals surface area contributed by atoms with Gasteiger partial charge in [0.25, 0.3) is 0 Å². The minimum atomic E-state index is -0.303. The van der Waals surface area contributed by atoms with Crippen LogP contribution in [0.4, 0.5) is 0 Å². The number of halogens is 1. The first-order chi connectivity index (χ1) is 15.0. The Kier molecular flexibility index (Phi) is 5.86. The summed E-state index contributed by atoms with van der Waals surface area (Å²) in [5.41, 5.74) is 4.99. The molecule has 2 aromatic carbocycles. The maximum absolute atomic E-state index is 12.4. The molecule has 0 aliphatic heterocycles. The van der Waals surface area contributed by atoms with Crippen LogP contribution in [0.1, 0.15) is 23.6 Å². The van der Waals surface area contributed by atoms with E-state index in [1.165, 1.54) is 9.36 Å². The molecule has 0 spiro atoms. The zero-order valence-corrected chi connectivity index (χ0v) is 18.3. The second-order valence-corrected chi connectivity index (χ2v) is 7.58. The van der Waals surface area contributed by atoms with Crippen molar-refractivity contribution >= 4 is 11.6 Å². The maximum Gasteiger partial charge on any atom is 0.368 e. The number of hydrogen-bond acceptors (Lipinski definition) is 5. The first-order valence-electron chi connectivity index (χ1n) is 9.94. The number of benzene rings is 2. The molecule has 8 heteroatoms. The lowest BCUT2D eigenvalue weighted by atomic mass is 10.0. The van der Waals surface area contributed by atoms with E-state index in [1.807, 2.05) is 49.4 Å². The Bertz CT molecular complexity index is 1300. The Morgan fingerprint density at radius 2 is 1.94 bits per heavy atom. The van der Waals surface area contributed by atoms with Gasteiger partial charge in [0.2, 0.25) is 0 Å². The average molecular weight is 436 g/mol. The van der Waals surface area contributed by atoms with Gasteiger partial charge in [-0.05, 0) is 71.3 Å². The number of tetrazole rings is 1. The summed E-state index contributed by atoms with van der Waals surface area (Å²) < 4.78 is 8.68. The van der Waals surface area contributed by atoms with Crippen LogP contribution in [-0.2, 0) is 20.1 Å². The van der Waals surface area contributed by atoms with E-state index in [-0.39, 0.29) is 5.69 Å². The van der Waals surface area contributed by atoms with Crippen LogP contribution in [0, 0.1) is 6.92 Å². The maximum atomic E-state index is 12.4. The SMILES string of the molecule is CCc1cccc(-n2nnn(C)c2=O)c1COc1ccc(-c2ncccc2Cl)cc1C. The zero-order chi connectivity index (χ0) is 22.0. The lowest BCUT2D eigenvalue weighted by Gasteiger charge is -2.16. The molecule has 7 nitrogen and oxygen atoms in total. The molecule has 0 aliphatic rings. The summed E-state index contributed by atoms with van der Waals surface area (Å²) in [5, 5.41) is 8.42. The molecule has 0 atom stereocenters. The van der Waals surface area contributed by atoms with E-state index >= 15 is 0 Å². The van der Waals surface area contributed by atoms with E-state index < -0.39 is 0 Å². The van der Waals surface area contributed by atoms with Crippen molar-refractivity contribution in [2.24, 2.45) is 7.05 Å². The van der Waals surface area contributed by atoms with Crippen LogP contribution < -0.4 is 10.4 Å². The van der Waals surface area contributed by atoms with Crippen molar-refractivity contribution in [3.05, 3.63) is 86.9 Å². The summed E-state index contributed by atoms with van der Waals surface area (Å²) in [4.78, 5) is 16.8. The van der Waals surface area contributed by atoms with Gasteiger partial charge < -0.3 is 4.74 Å². The minimum Gasteiger partial charge on any atom is -0.489 e. The second-order valence-electron chi connectivity index (χ2n) is 7.17. The predicted molar refractivity (Wildman–Crippen MR) is 120 cm³/mol. The van der Waals surface area contributed by atoms with Crippen LogP contribution in [0.5, 0.6) is 5.75 Å². The van der Waals surface area contributed by atoms with Gasteiger partial charge in [0.05, 0.1) is 16.4 Å². The van der Waals surface area contributed by atoms with Crippen molar-refractivity contribution in [1.29, 1.82) is 0 Å². The Labute approximate surface area is 184 Å². The third-order valence-corrected chi connectivity index (χ3v) is 5.46. The van der Waals surface area contributed by atoms with E-state index in [1.54, 1.807) is 19.3 Å². The molecule has 0 aliphatic carbocycles. The van der Waals surface area contributed by atoms with Crippen molar-refractivity contribution < 1.29 is 4.74 Å². The van der Waals surface area contributed by atoms with Gasteiger partial charge in [-0.2, -0.15) is 9.36 Å². The summed E-state index contributed by atoms with van der Waals surface area (Å²) in [5.74, 6) is 0.749. The molecule has 158 valence electrons. The Morgan fingerprint density at radius 1 is 1.10 bits per heavy atom. The fourth-order valence-electron chi connectivity index (χ4n) is 3.49. The number of hydrogen-bond donors (Lipinski definition) is 0. The molecule has 2 aromatic heterocycles. The molecule has 0 saturated carbocycles. The number of aromatic nitrogens is 5. The van der Waals surface area contributed by atoms with Crippen LogP contribution in [0.25, 0.3) is 16.9 Å². The van der Waals surface area contributed by atoms with Gasteiger partial charge >= 0.3 is 5.69 Å². The Morgan fingerprint density at radius 3 is 2.61 bits per heavy atom. The highest BCUT2D eigenvalue weighted by atomic mass is 35.5. The average Bonchev–Trinajstić information content (AvgIpc) is 3.11. The van der Waals surface area contributed by atoms with Gasteiger partial charge in [0, 0.05) is 24.4 Å². The number of aryl methyl sites for hydroxylation is 3. The molecule has 31 heavy (non-hydrogen) atoms. The molecular formula is C23H22ClN5O2. The van der Waals surface area contributed by atoms with Gasteiger partial charge in [-0.15, -0.1) is 0 Å². The van der Waals surface area contributed by atoms with Crippen LogP contribution in [0.15, 0.2) is 59.5 Å². The first kappa shape index (κ1) is 20.8. The summed E-state index contributed by atoms with van der Waals surface area (Å²) in [7, 11) is 1.57. The fourth-order valence-corrected chi connectivity index (χ4v) is 3.72. The summed E-state index contributed by atoms with van der Waals surface area (Å²) in [6.45, 7) is 4.35. The highest BCUT2D eigenvalue weighted by Gasteiger charge is 2.15. The largest absolute Gasteiger partial charge is 0.489 e. The Balaban J connectivity index is 1.65. The molecule has 2 heterocycles. The van der Waals surface area contributed by atoms with Gasteiger partial charge in [-0.3, -0.25) is 4.98 Å². The summed E-state index contributed by atoms with van der Waals surface area (Å²) in [6, 6.07) is 15.3. The fraction of sp³-hybridized carbons (Fsp3) is 0.217. The first-order valence-corrected chi connectivity index (χ1v) is 10.3. The summed E-state index contributed by atoms with van der Waals surface area (Å²) in [6.07, 6.45) is 2.52. The highest BCUT2D eigenvalue weighted by Crippen LogP contribution is 2.30. The van der Waals surface area contributed by atoms with Gasteiger partial charge in [-0.1, -0.05) is 30.7 Å².